The number of sulfone groups is 1. The molecule has 0 saturated heterocycles. The van der Waals surface area contributed by atoms with Gasteiger partial charge in [-0.2, -0.15) is 0 Å². The van der Waals surface area contributed by atoms with Gasteiger partial charge in [0, 0.05) is 24.1 Å². The molecule has 2 rings (SSSR count). The van der Waals surface area contributed by atoms with Crippen molar-refractivity contribution in [3.05, 3.63) is 28.8 Å². The fraction of sp³-hybridized carbons (Fsp3) is 0.429. The highest BCUT2D eigenvalue weighted by molar-refractivity contribution is 7.90. The van der Waals surface area contributed by atoms with E-state index in [2.05, 4.69) is 0 Å². The summed E-state index contributed by atoms with van der Waals surface area (Å²) in [5.74, 6) is -0.426. The third-order valence-electron chi connectivity index (χ3n) is 3.29. The molecule has 1 aromatic rings. The third-order valence-corrected chi connectivity index (χ3v) is 4.75. The number of halogens is 1. The van der Waals surface area contributed by atoms with Gasteiger partial charge in [-0.15, -0.1) is 0 Å². The van der Waals surface area contributed by atoms with Gasteiger partial charge < -0.3 is 4.74 Å². The maximum absolute atomic E-state index is 11.6. The van der Waals surface area contributed by atoms with E-state index in [9.17, 15) is 18.0 Å². The minimum absolute atomic E-state index is 0.00891. The highest BCUT2D eigenvalue weighted by Crippen LogP contribution is 2.23. The molecule has 1 aliphatic rings. The number of rotatable bonds is 4. The molecule has 1 aromatic carbocycles. The Morgan fingerprint density at radius 2 is 1.86 bits per heavy atom. The van der Waals surface area contributed by atoms with Crippen LogP contribution in [0.5, 0.6) is 0 Å². The zero-order valence-corrected chi connectivity index (χ0v) is 13.0. The lowest BCUT2D eigenvalue weighted by atomic mass is 9.95. The number of ether oxygens (including phenoxy) is 1. The first-order valence-corrected chi connectivity index (χ1v) is 8.71. The Balaban J connectivity index is 2.10. The lowest BCUT2D eigenvalue weighted by Gasteiger charge is -2.20. The lowest BCUT2D eigenvalue weighted by molar-refractivity contribution is -0.146. The van der Waals surface area contributed by atoms with Crippen molar-refractivity contribution in [2.75, 3.05) is 6.26 Å². The second-order valence-corrected chi connectivity index (χ2v) is 7.43. The molecular formula is C14H15ClO5S. The highest BCUT2D eigenvalue weighted by Gasteiger charge is 2.30. The van der Waals surface area contributed by atoms with Gasteiger partial charge in [0.25, 0.3) is 0 Å². The Morgan fingerprint density at radius 1 is 1.24 bits per heavy atom. The molecule has 114 valence electrons. The summed E-state index contributed by atoms with van der Waals surface area (Å²) in [4.78, 5) is 23.4. The summed E-state index contributed by atoms with van der Waals surface area (Å²) in [6.45, 7) is -0.00891. The van der Waals surface area contributed by atoms with Crippen LogP contribution in [0.4, 0.5) is 0 Å². The quantitative estimate of drug-likeness (QED) is 0.788. The Hall–Kier alpha value is -1.24. The number of ketones is 2. The fourth-order valence-electron chi connectivity index (χ4n) is 2.11. The van der Waals surface area contributed by atoms with Gasteiger partial charge in [0.1, 0.15) is 0 Å². The summed E-state index contributed by atoms with van der Waals surface area (Å²) in [6.07, 6.45) is 1.33. The minimum atomic E-state index is -3.33. The molecule has 0 aliphatic heterocycles. The predicted molar refractivity (Wildman–Crippen MR) is 77.0 cm³/mol. The zero-order chi connectivity index (χ0) is 15.6. The Labute approximate surface area is 128 Å². The molecule has 21 heavy (non-hydrogen) atoms. The summed E-state index contributed by atoms with van der Waals surface area (Å²) in [5, 5.41) is 0.230. The van der Waals surface area contributed by atoms with E-state index < -0.39 is 15.9 Å². The van der Waals surface area contributed by atoms with Crippen molar-refractivity contribution >= 4 is 33.0 Å². The van der Waals surface area contributed by atoms with Crippen molar-refractivity contribution in [1.82, 2.24) is 0 Å². The summed E-state index contributed by atoms with van der Waals surface area (Å²) >= 11 is 6.01. The number of hydrogen-bond donors (Lipinski definition) is 0. The highest BCUT2D eigenvalue weighted by atomic mass is 35.5. The van der Waals surface area contributed by atoms with Crippen LogP contribution in [0.15, 0.2) is 23.1 Å². The van der Waals surface area contributed by atoms with Gasteiger partial charge in [0.05, 0.1) is 11.5 Å². The molecule has 5 nitrogen and oxygen atoms in total. The van der Waals surface area contributed by atoms with Crippen LogP contribution in [0.2, 0.25) is 5.02 Å². The molecule has 1 saturated carbocycles. The van der Waals surface area contributed by atoms with E-state index in [0.717, 1.165) is 6.26 Å². The first-order chi connectivity index (χ1) is 9.79. The molecule has 1 aliphatic carbocycles. The van der Waals surface area contributed by atoms with Crippen molar-refractivity contribution in [3.63, 3.8) is 0 Å². The maximum Gasteiger partial charge on any atom is 0.175 e. The number of carbonyl (C=O) groups is 2. The summed E-state index contributed by atoms with van der Waals surface area (Å²) in [7, 11) is -3.33. The average Bonchev–Trinajstić information content (AvgIpc) is 2.38. The van der Waals surface area contributed by atoms with Crippen LogP contribution < -0.4 is 0 Å². The monoisotopic (exact) mass is 330 g/mol. The molecule has 7 heteroatoms. The van der Waals surface area contributed by atoms with Gasteiger partial charge in [0.2, 0.25) is 0 Å². The Kier molecular flexibility index (Phi) is 4.81. The van der Waals surface area contributed by atoms with Crippen LogP contribution >= 0.6 is 11.6 Å². The SMILES string of the molecule is CS(=O)(=O)c1ccc(COC2C(=O)CCCC2=O)c(Cl)c1. The zero-order valence-electron chi connectivity index (χ0n) is 11.5. The number of carbonyl (C=O) groups excluding carboxylic acids is 2. The minimum Gasteiger partial charge on any atom is -0.358 e. The van der Waals surface area contributed by atoms with E-state index >= 15 is 0 Å². The lowest BCUT2D eigenvalue weighted by Crippen LogP contribution is -2.36. The van der Waals surface area contributed by atoms with E-state index in [4.69, 9.17) is 16.3 Å². The molecule has 0 atom stereocenters. The normalized spacial score (nSPS) is 17.2. The molecule has 0 radical (unpaired) electrons. The summed E-state index contributed by atoms with van der Waals surface area (Å²) in [5.41, 5.74) is 0.537. The van der Waals surface area contributed by atoms with Crippen LogP contribution in [-0.2, 0) is 30.8 Å². The van der Waals surface area contributed by atoms with E-state index in [1.54, 1.807) is 0 Å². The van der Waals surface area contributed by atoms with Crippen molar-refractivity contribution in [2.24, 2.45) is 0 Å². The van der Waals surface area contributed by atoms with Crippen LogP contribution in [0, 0.1) is 0 Å². The molecule has 0 amide bonds. The van der Waals surface area contributed by atoms with Gasteiger partial charge >= 0.3 is 0 Å². The van der Waals surface area contributed by atoms with Crippen molar-refractivity contribution in [2.45, 2.75) is 36.9 Å². The van der Waals surface area contributed by atoms with E-state index in [0.29, 0.717) is 24.8 Å². The van der Waals surface area contributed by atoms with E-state index in [1.807, 2.05) is 0 Å². The van der Waals surface area contributed by atoms with Crippen LogP contribution in [0.25, 0.3) is 0 Å². The van der Waals surface area contributed by atoms with E-state index in [1.165, 1.54) is 18.2 Å². The van der Waals surface area contributed by atoms with Gasteiger partial charge in [-0.3, -0.25) is 9.59 Å². The number of hydrogen-bond acceptors (Lipinski definition) is 5. The number of benzene rings is 1. The molecular weight excluding hydrogens is 316 g/mol. The first kappa shape index (κ1) is 16.1. The smallest absolute Gasteiger partial charge is 0.175 e. The third kappa shape index (κ3) is 3.90. The molecule has 1 fully saturated rings. The summed E-state index contributed by atoms with van der Waals surface area (Å²) in [6, 6.07) is 4.28. The average molecular weight is 331 g/mol. The Bertz CT molecular complexity index is 665. The van der Waals surface area contributed by atoms with Crippen LogP contribution in [0.1, 0.15) is 24.8 Å². The second-order valence-electron chi connectivity index (χ2n) is 5.00. The van der Waals surface area contributed by atoms with Crippen LogP contribution in [-0.4, -0.2) is 32.3 Å². The first-order valence-electron chi connectivity index (χ1n) is 6.44. The van der Waals surface area contributed by atoms with Gasteiger partial charge in [-0.05, 0) is 24.1 Å². The molecule has 0 aromatic heterocycles. The molecule has 0 spiro atoms. The van der Waals surface area contributed by atoms with Crippen LogP contribution in [0.3, 0.4) is 0 Å². The molecule has 0 bridgehead atoms. The van der Waals surface area contributed by atoms with Crippen molar-refractivity contribution < 1.29 is 22.7 Å². The number of Topliss-reactive ketones (excluding diaryl/α,β-unsaturated/α-hetero) is 2. The van der Waals surface area contributed by atoms with Crippen molar-refractivity contribution in [3.8, 4) is 0 Å². The van der Waals surface area contributed by atoms with Gasteiger partial charge in [-0.25, -0.2) is 8.42 Å². The molecule has 0 N–H and O–H groups in total. The van der Waals surface area contributed by atoms with E-state index in [-0.39, 0.29) is 28.1 Å². The van der Waals surface area contributed by atoms with Gasteiger partial charge in [-0.1, -0.05) is 17.7 Å². The van der Waals surface area contributed by atoms with Gasteiger partial charge in [0.15, 0.2) is 27.5 Å². The largest absolute Gasteiger partial charge is 0.358 e. The topological polar surface area (TPSA) is 77.5 Å². The Morgan fingerprint density at radius 3 is 2.38 bits per heavy atom. The maximum atomic E-state index is 11.6. The standard InChI is InChI=1S/C14H15ClO5S/c1-21(18,19)10-6-5-9(11(15)7-10)8-20-14-12(16)3-2-4-13(14)17/h5-7,14H,2-4,8H2,1H3. The molecule has 0 heterocycles. The van der Waals surface area contributed by atoms with Crippen molar-refractivity contribution in [1.29, 1.82) is 0 Å². The summed E-state index contributed by atoms with van der Waals surface area (Å²) < 4.78 is 28.2. The fourth-order valence-corrected chi connectivity index (χ4v) is 3.06. The second kappa shape index (κ2) is 6.25. The molecule has 0 unspecified atom stereocenters. The predicted octanol–water partition coefficient (Wildman–Crippen LogP) is 1.95.